The molecule has 4 heteroatoms. The Labute approximate surface area is 162 Å². The fourth-order valence-corrected chi connectivity index (χ4v) is 4.20. The number of hydrogen-bond acceptors (Lipinski definition) is 3. The lowest BCUT2D eigenvalue weighted by Gasteiger charge is -2.03. The predicted octanol–water partition coefficient (Wildman–Crippen LogP) is 7.24. The van der Waals surface area contributed by atoms with Gasteiger partial charge < -0.3 is 5.32 Å². The van der Waals surface area contributed by atoms with Crippen LogP contribution in [0.3, 0.4) is 0 Å². The minimum atomic E-state index is 0.0942. The molecular weight excluding hydrogens is 340 g/mol. The fourth-order valence-electron chi connectivity index (χ4n) is 3.22. The number of aromatic nitrogens is 1. The Morgan fingerprint density at radius 1 is 0.962 bits per heavy atom. The molecule has 0 aliphatic heterocycles. The third-order valence-corrected chi connectivity index (χ3v) is 5.73. The number of amides is 1. The van der Waals surface area contributed by atoms with Gasteiger partial charge in [0.15, 0.2) is 5.13 Å². The third kappa shape index (κ3) is 7.86. The maximum atomic E-state index is 12.1. The van der Waals surface area contributed by atoms with Crippen LogP contribution in [0.4, 0.5) is 5.13 Å². The van der Waals surface area contributed by atoms with E-state index in [-0.39, 0.29) is 5.91 Å². The van der Waals surface area contributed by atoms with Gasteiger partial charge in [0.05, 0.1) is 10.2 Å². The number of unbranched alkanes of at least 4 members (excludes halogenated alkanes) is 10. The second-order valence-corrected chi connectivity index (χ2v) is 8.35. The van der Waals surface area contributed by atoms with Gasteiger partial charge in [-0.05, 0) is 31.0 Å². The number of nitrogens with one attached hydrogen (secondary N) is 1. The van der Waals surface area contributed by atoms with E-state index in [1.807, 2.05) is 6.07 Å². The quantitative estimate of drug-likeness (QED) is 0.375. The van der Waals surface area contributed by atoms with Crippen LogP contribution in [0.25, 0.3) is 10.2 Å². The molecular formula is C22H34N2OS. The Morgan fingerprint density at radius 2 is 1.58 bits per heavy atom. The molecule has 2 rings (SSSR count). The average molecular weight is 375 g/mol. The summed E-state index contributed by atoms with van der Waals surface area (Å²) < 4.78 is 1.13. The molecule has 0 unspecified atom stereocenters. The first-order chi connectivity index (χ1) is 12.7. The Hall–Kier alpha value is -1.42. The molecule has 0 radical (unpaired) electrons. The first-order valence-corrected chi connectivity index (χ1v) is 11.2. The van der Waals surface area contributed by atoms with Gasteiger partial charge in [-0.25, -0.2) is 4.98 Å². The standard InChI is InChI=1S/C22H34N2OS/c1-3-4-5-6-7-8-9-10-11-12-13-14-21(25)24-22-23-19-16-15-18(2)17-20(19)26-22/h15-17H,3-14H2,1-2H3,(H,23,24,25). The smallest absolute Gasteiger partial charge is 0.226 e. The molecule has 0 aliphatic carbocycles. The summed E-state index contributed by atoms with van der Waals surface area (Å²) in [6.07, 6.45) is 14.9. The van der Waals surface area contributed by atoms with Crippen molar-refractivity contribution in [3.63, 3.8) is 0 Å². The summed E-state index contributed by atoms with van der Waals surface area (Å²) in [7, 11) is 0. The molecule has 1 heterocycles. The molecule has 1 aromatic heterocycles. The zero-order valence-corrected chi connectivity index (χ0v) is 17.3. The molecule has 1 N–H and O–H groups in total. The molecule has 0 bridgehead atoms. The summed E-state index contributed by atoms with van der Waals surface area (Å²) in [4.78, 5) is 16.6. The number of thiazole rings is 1. The first-order valence-electron chi connectivity index (χ1n) is 10.4. The van der Waals surface area contributed by atoms with E-state index in [2.05, 4.69) is 36.3 Å². The zero-order chi connectivity index (χ0) is 18.6. The van der Waals surface area contributed by atoms with Crippen LogP contribution in [-0.4, -0.2) is 10.9 Å². The lowest BCUT2D eigenvalue weighted by atomic mass is 10.1. The average Bonchev–Trinajstić information content (AvgIpc) is 3.00. The van der Waals surface area contributed by atoms with Crippen molar-refractivity contribution in [3.8, 4) is 0 Å². The summed E-state index contributed by atoms with van der Waals surface area (Å²) in [6.45, 7) is 4.34. The third-order valence-electron chi connectivity index (χ3n) is 4.80. The minimum Gasteiger partial charge on any atom is -0.302 e. The van der Waals surface area contributed by atoms with E-state index < -0.39 is 0 Å². The highest BCUT2D eigenvalue weighted by atomic mass is 32.1. The van der Waals surface area contributed by atoms with Gasteiger partial charge in [-0.3, -0.25) is 4.79 Å². The number of rotatable bonds is 13. The van der Waals surface area contributed by atoms with Crippen molar-refractivity contribution in [2.24, 2.45) is 0 Å². The molecule has 0 atom stereocenters. The van der Waals surface area contributed by atoms with Crippen LogP contribution in [0, 0.1) is 6.92 Å². The van der Waals surface area contributed by atoms with Crippen LogP contribution in [0.5, 0.6) is 0 Å². The van der Waals surface area contributed by atoms with Gasteiger partial charge in [0.2, 0.25) is 5.91 Å². The normalized spacial score (nSPS) is 11.2. The van der Waals surface area contributed by atoms with E-state index in [1.165, 1.54) is 63.4 Å². The number of benzene rings is 1. The molecule has 1 aromatic carbocycles. The Kier molecular flexibility index (Phi) is 9.68. The van der Waals surface area contributed by atoms with Gasteiger partial charge in [-0.2, -0.15) is 0 Å². The van der Waals surface area contributed by atoms with Crippen LogP contribution in [0.15, 0.2) is 18.2 Å². The number of carbonyl (C=O) groups excluding carboxylic acids is 1. The fraction of sp³-hybridized carbons (Fsp3) is 0.636. The predicted molar refractivity (Wildman–Crippen MR) is 114 cm³/mol. The Morgan fingerprint density at radius 3 is 2.23 bits per heavy atom. The maximum absolute atomic E-state index is 12.1. The van der Waals surface area contributed by atoms with Crippen molar-refractivity contribution in [2.75, 3.05) is 5.32 Å². The first kappa shape index (κ1) is 20.9. The van der Waals surface area contributed by atoms with Gasteiger partial charge in [0, 0.05) is 6.42 Å². The molecule has 0 aliphatic rings. The second-order valence-electron chi connectivity index (χ2n) is 7.32. The molecule has 144 valence electrons. The zero-order valence-electron chi connectivity index (χ0n) is 16.5. The van der Waals surface area contributed by atoms with Crippen molar-refractivity contribution < 1.29 is 4.79 Å². The molecule has 0 saturated heterocycles. The molecule has 0 fully saturated rings. The summed E-state index contributed by atoms with van der Waals surface area (Å²) in [5, 5.41) is 3.68. The van der Waals surface area contributed by atoms with E-state index >= 15 is 0 Å². The van der Waals surface area contributed by atoms with E-state index in [4.69, 9.17) is 0 Å². The van der Waals surface area contributed by atoms with Crippen molar-refractivity contribution in [1.29, 1.82) is 0 Å². The SMILES string of the molecule is CCCCCCCCCCCCCC(=O)Nc1nc2ccc(C)cc2s1. The highest BCUT2D eigenvalue weighted by molar-refractivity contribution is 7.22. The Bertz CT molecular complexity index is 665. The highest BCUT2D eigenvalue weighted by Crippen LogP contribution is 2.26. The molecule has 26 heavy (non-hydrogen) atoms. The highest BCUT2D eigenvalue weighted by Gasteiger charge is 2.07. The second kappa shape index (κ2) is 12.1. The Balaban J connectivity index is 1.51. The molecule has 0 spiro atoms. The number of fused-ring (bicyclic) bond motifs is 1. The summed E-state index contributed by atoms with van der Waals surface area (Å²) in [6, 6.07) is 6.19. The summed E-state index contributed by atoms with van der Waals surface area (Å²) in [5.74, 6) is 0.0942. The summed E-state index contributed by atoms with van der Waals surface area (Å²) >= 11 is 1.56. The van der Waals surface area contributed by atoms with E-state index in [9.17, 15) is 4.79 Å². The molecule has 2 aromatic rings. The van der Waals surface area contributed by atoms with Crippen LogP contribution in [0.2, 0.25) is 0 Å². The lowest BCUT2D eigenvalue weighted by molar-refractivity contribution is -0.116. The molecule has 3 nitrogen and oxygen atoms in total. The monoisotopic (exact) mass is 374 g/mol. The van der Waals surface area contributed by atoms with Crippen molar-refractivity contribution in [2.45, 2.75) is 90.9 Å². The van der Waals surface area contributed by atoms with Crippen LogP contribution in [-0.2, 0) is 4.79 Å². The summed E-state index contributed by atoms with van der Waals surface area (Å²) in [5.41, 5.74) is 2.19. The van der Waals surface area contributed by atoms with Gasteiger partial charge in [-0.1, -0.05) is 88.5 Å². The van der Waals surface area contributed by atoms with E-state index in [1.54, 1.807) is 11.3 Å². The molecule has 0 saturated carbocycles. The number of anilines is 1. The van der Waals surface area contributed by atoms with Crippen LogP contribution in [0.1, 0.15) is 89.5 Å². The van der Waals surface area contributed by atoms with Crippen molar-refractivity contribution >= 4 is 32.6 Å². The van der Waals surface area contributed by atoms with Crippen LogP contribution >= 0.6 is 11.3 Å². The van der Waals surface area contributed by atoms with E-state index in [0.717, 1.165) is 28.2 Å². The van der Waals surface area contributed by atoms with Crippen LogP contribution < -0.4 is 5.32 Å². The number of hydrogen-bond donors (Lipinski definition) is 1. The number of aryl methyl sites for hydroxylation is 1. The largest absolute Gasteiger partial charge is 0.302 e. The van der Waals surface area contributed by atoms with Gasteiger partial charge >= 0.3 is 0 Å². The lowest BCUT2D eigenvalue weighted by Crippen LogP contribution is -2.10. The maximum Gasteiger partial charge on any atom is 0.226 e. The van der Waals surface area contributed by atoms with Gasteiger partial charge in [0.25, 0.3) is 0 Å². The van der Waals surface area contributed by atoms with Gasteiger partial charge in [-0.15, -0.1) is 0 Å². The molecule has 1 amide bonds. The minimum absolute atomic E-state index is 0.0942. The van der Waals surface area contributed by atoms with E-state index in [0.29, 0.717) is 6.42 Å². The van der Waals surface area contributed by atoms with Gasteiger partial charge in [0.1, 0.15) is 0 Å². The number of nitrogens with zero attached hydrogens (tertiary/aromatic N) is 1. The number of carbonyl (C=O) groups is 1. The van der Waals surface area contributed by atoms with Crippen molar-refractivity contribution in [3.05, 3.63) is 23.8 Å². The topological polar surface area (TPSA) is 42.0 Å². The van der Waals surface area contributed by atoms with Crippen molar-refractivity contribution in [1.82, 2.24) is 4.98 Å².